The highest BCUT2D eigenvalue weighted by molar-refractivity contribution is 5.72. The fourth-order valence-electron chi connectivity index (χ4n) is 2.43. The molecular formula is C12H20N4O2. The van der Waals surface area contributed by atoms with E-state index in [9.17, 15) is 4.79 Å². The minimum absolute atomic E-state index is 0.00162. The standard InChI is InChI=1S/C12H20N4O2/c1-3-16-11(13-9-14-16)8-15-6-4-5-10(7-15)12(17)18-2/h9-10H,3-8H2,1-2H3. The third kappa shape index (κ3) is 2.87. The van der Waals surface area contributed by atoms with Gasteiger partial charge in [0.2, 0.25) is 0 Å². The number of esters is 1. The number of nitrogens with zero attached hydrogens (tertiary/aromatic N) is 4. The number of rotatable bonds is 4. The van der Waals surface area contributed by atoms with Crippen LogP contribution < -0.4 is 0 Å². The Morgan fingerprint density at radius 1 is 1.61 bits per heavy atom. The predicted octanol–water partition coefficient (Wildman–Crippen LogP) is 0.683. The maximum absolute atomic E-state index is 11.6. The van der Waals surface area contributed by atoms with Crippen molar-refractivity contribution >= 4 is 5.97 Å². The molecule has 1 atom stereocenters. The maximum atomic E-state index is 11.6. The van der Waals surface area contributed by atoms with Crippen molar-refractivity contribution in [3.05, 3.63) is 12.2 Å². The van der Waals surface area contributed by atoms with Crippen molar-refractivity contribution in [3.8, 4) is 0 Å². The lowest BCUT2D eigenvalue weighted by Crippen LogP contribution is -2.39. The van der Waals surface area contributed by atoms with Gasteiger partial charge in [0.15, 0.2) is 0 Å². The zero-order valence-corrected chi connectivity index (χ0v) is 11.0. The first kappa shape index (κ1) is 13.0. The van der Waals surface area contributed by atoms with Gasteiger partial charge in [-0.05, 0) is 26.3 Å². The van der Waals surface area contributed by atoms with Crippen LogP contribution in [0.2, 0.25) is 0 Å². The molecule has 0 spiro atoms. The lowest BCUT2D eigenvalue weighted by Gasteiger charge is -2.30. The van der Waals surface area contributed by atoms with Crippen molar-refractivity contribution < 1.29 is 9.53 Å². The molecule has 18 heavy (non-hydrogen) atoms. The van der Waals surface area contributed by atoms with E-state index in [4.69, 9.17) is 4.74 Å². The smallest absolute Gasteiger partial charge is 0.309 e. The van der Waals surface area contributed by atoms with Crippen LogP contribution in [0.25, 0.3) is 0 Å². The summed E-state index contributed by atoms with van der Waals surface area (Å²) in [5.41, 5.74) is 0. The monoisotopic (exact) mass is 252 g/mol. The summed E-state index contributed by atoms with van der Waals surface area (Å²) in [5, 5.41) is 4.16. The first-order valence-corrected chi connectivity index (χ1v) is 6.41. The first-order chi connectivity index (χ1) is 8.74. The van der Waals surface area contributed by atoms with Gasteiger partial charge in [-0.2, -0.15) is 5.10 Å². The van der Waals surface area contributed by atoms with Gasteiger partial charge in [0.1, 0.15) is 12.2 Å². The maximum Gasteiger partial charge on any atom is 0.309 e. The Bertz CT molecular complexity index is 405. The number of ether oxygens (including phenoxy) is 1. The van der Waals surface area contributed by atoms with E-state index >= 15 is 0 Å². The molecule has 1 fully saturated rings. The predicted molar refractivity (Wildman–Crippen MR) is 65.7 cm³/mol. The molecule has 6 nitrogen and oxygen atoms in total. The Morgan fingerprint density at radius 3 is 3.17 bits per heavy atom. The molecule has 2 rings (SSSR count). The average Bonchev–Trinajstić information content (AvgIpc) is 2.85. The summed E-state index contributed by atoms with van der Waals surface area (Å²) in [7, 11) is 1.45. The van der Waals surface area contributed by atoms with Crippen LogP contribution in [-0.2, 0) is 22.6 Å². The summed E-state index contributed by atoms with van der Waals surface area (Å²) in [6, 6.07) is 0. The van der Waals surface area contributed by atoms with Gasteiger partial charge in [0.25, 0.3) is 0 Å². The number of carbonyl (C=O) groups excluding carboxylic acids is 1. The first-order valence-electron chi connectivity index (χ1n) is 6.41. The van der Waals surface area contributed by atoms with Crippen LogP contribution in [0.4, 0.5) is 0 Å². The van der Waals surface area contributed by atoms with Gasteiger partial charge >= 0.3 is 5.97 Å². The van der Waals surface area contributed by atoms with Gasteiger partial charge in [-0.1, -0.05) is 0 Å². The molecule has 0 N–H and O–H groups in total. The molecule has 0 aromatic carbocycles. The normalized spacial score (nSPS) is 20.9. The molecule has 0 amide bonds. The largest absolute Gasteiger partial charge is 0.469 e. The molecule has 0 aliphatic carbocycles. The lowest BCUT2D eigenvalue weighted by molar-refractivity contribution is -0.147. The number of aryl methyl sites for hydroxylation is 1. The van der Waals surface area contributed by atoms with Crippen molar-refractivity contribution in [2.24, 2.45) is 5.92 Å². The molecule has 0 bridgehead atoms. The molecule has 100 valence electrons. The molecule has 0 radical (unpaired) electrons. The minimum Gasteiger partial charge on any atom is -0.469 e. The second-order valence-electron chi connectivity index (χ2n) is 4.59. The van der Waals surface area contributed by atoms with Crippen molar-refractivity contribution in [1.82, 2.24) is 19.7 Å². The van der Waals surface area contributed by atoms with E-state index < -0.39 is 0 Å². The highest BCUT2D eigenvalue weighted by Gasteiger charge is 2.27. The van der Waals surface area contributed by atoms with Crippen molar-refractivity contribution in [1.29, 1.82) is 0 Å². The van der Waals surface area contributed by atoms with E-state index in [0.717, 1.165) is 44.8 Å². The number of piperidine rings is 1. The molecule has 1 unspecified atom stereocenters. The Kier molecular flexibility index (Phi) is 4.30. The molecule has 1 aliphatic rings. The third-order valence-corrected chi connectivity index (χ3v) is 3.40. The number of likely N-dealkylation sites (tertiary alicyclic amines) is 1. The second-order valence-corrected chi connectivity index (χ2v) is 4.59. The van der Waals surface area contributed by atoms with Gasteiger partial charge in [0, 0.05) is 13.1 Å². The minimum atomic E-state index is -0.100. The highest BCUT2D eigenvalue weighted by atomic mass is 16.5. The average molecular weight is 252 g/mol. The van der Waals surface area contributed by atoms with E-state index in [1.807, 2.05) is 11.6 Å². The van der Waals surface area contributed by atoms with E-state index in [-0.39, 0.29) is 11.9 Å². The van der Waals surface area contributed by atoms with Crippen molar-refractivity contribution in [2.75, 3.05) is 20.2 Å². The Balaban J connectivity index is 1.95. The highest BCUT2D eigenvalue weighted by Crippen LogP contribution is 2.19. The molecule has 0 saturated carbocycles. The Hall–Kier alpha value is -1.43. The summed E-state index contributed by atoms with van der Waals surface area (Å²) in [6.45, 7) is 5.38. The molecular weight excluding hydrogens is 232 g/mol. The Labute approximate surface area is 107 Å². The van der Waals surface area contributed by atoms with Gasteiger partial charge in [-0.3, -0.25) is 9.69 Å². The Morgan fingerprint density at radius 2 is 2.44 bits per heavy atom. The van der Waals surface area contributed by atoms with E-state index in [1.54, 1.807) is 6.33 Å². The molecule has 1 aromatic rings. The zero-order chi connectivity index (χ0) is 13.0. The second kappa shape index (κ2) is 5.95. The van der Waals surface area contributed by atoms with Crippen molar-refractivity contribution in [3.63, 3.8) is 0 Å². The van der Waals surface area contributed by atoms with Crippen LogP contribution in [0.15, 0.2) is 6.33 Å². The van der Waals surface area contributed by atoms with Crippen LogP contribution in [0.3, 0.4) is 0 Å². The quantitative estimate of drug-likeness (QED) is 0.738. The van der Waals surface area contributed by atoms with Gasteiger partial charge in [-0.15, -0.1) is 0 Å². The van der Waals surface area contributed by atoms with Crippen LogP contribution in [-0.4, -0.2) is 45.8 Å². The van der Waals surface area contributed by atoms with Gasteiger partial charge in [-0.25, -0.2) is 9.67 Å². The zero-order valence-electron chi connectivity index (χ0n) is 11.0. The van der Waals surface area contributed by atoms with E-state index in [1.165, 1.54) is 7.11 Å². The summed E-state index contributed by atoms with van der Waals surface area (Å²) in [5.74, 6) is 0.862. The van der Waals surface area contributed by atoms with Crippen molar-refractivity contribution in [2.45, 2.75) is 32.9 Å². The lowest BCUT2D eigenvalue weighted by atomic mass is 9.98. The van der Waals surface area contributed by atoms with E-state index in [0.29, 0.717) is 0 Å². The fraction of sp³-hybridized carbons (Fsp3) is 0.750. The summed E-state index contributed by atoms with van der Waals surface area (Å²) in [4.78, 5) is 18.1. The number of methoxy groups -OCH3 is 1. The summed E-state index contributed by atoms with van der Waals surface area (Å²) >= 11 is 0. The van der Waals surface area contributed by atoms with Crippen LogP contribution >= 0.6 is 0 Å². The fourth-order valence-corrected chi connectivity index (χ4v) is 2.43. The van der Waals surface area contributed by atoms with Crippen LogP contribution in [0, 0.1) is 5.92 Å². The van der Waals surface area contributed by atoms with Gasteiger partial charge in [0.05, 0.1) is 19.6 Å². The molecule has 2 heterocycles. The van der Waals surface area contributed by atoms with Crippen LogP contribution in [0.1, 0.15) is 25.6 Å². The number of carbonyl (C=O) groups is 1. The number of aromatic nitrogens is 3. The van der Waals surface area contributed by atoms with E-state index in [2.05, 4.69) is 15.0 Å². The van der Waals surface area contributed by atoms with Crippen LogP contribution in [0.5, 0.6) is 0 Å². The molecule has 6 heteroatoms. The molecule has 1 saturated heterocycles. The third-order valence-electron chi connectivity index (χ3n) is 3.40. The summed E-state index contributed by atoms with van der Waals surface area (Å²) in [6.07, 6.45) is 3.53. The number of hydrogen-bond acceptors (Lipinski definition) is 5. The van der Waals surface area contributed by atoms with Gasteiger partial charge < -0.3 is 4.74 Å². The topological polar surface area (TPSA) is 60.2 Å². The SMILES string of the molecule is CCn1ncnc1CN1CCCC(C(=O)OC)C1. The molecule has 1 aromatic heterocycles. The molecule has 1 aliphatic heterocycles. The summed E-state index contributed by atoms with van der Waals surface area (Å²) < 4.78 is 6.71. The number of hydrogen-bond donors (Lipinski definition) is 0.